The molecule has 0 aliphatic rings. The summed E-state index contributed by atoms with van der Waals surface area (Å²) in [7, 11) is 3.73. The van der Waals surface area contributed by atoms with Gasteiger partial charge in [0.1, 0.15) is 5.52 Å². The highest BCUT2D eigenvalue weighted by molar-refractivity contribution is 5.87. The molecular formula is C13H16N2O. The predicted octanol–water partition coefficient (Wildman–Crippen LogP) is 2.71. The lowest BCUT2D eigenvalue weighted by atomic mass is 10.1. The summed E-state index contributed by atoms with van der Waals surface area (Å²) in [4.78, 5) is 10.1. The number of rotatable bonds is 2. The zero-order chi connectivity index (χ0) is 11.7. The van der Waals surface area contributed by atoms with Crippen molar-refractivity contribution in [1.29, 1.82) is 0 Å². The predicted molar refractivity (Wildman–Crippen MR) is 65.5 cm³/mol. The topological polar surface area (TPSA) is 25.4 Å². The fraction of sp³-hybridized carbons (Fsp3) is 0.308. The van der Waals surface area contributed by atoms with Gasteiger partial charge in [-0.3, -0.25) is 0 Å². The highest BCUT2D eigenvalue weighted by Gasteiger charge is 2.07. The highest BCUT2D eigenvalue weighted by Crippen LogP contribution is 2.26. The van der Waals surface area contributed by atoms with Gasteiger partial charge in [0.25, 0.3) is 0 Å². The van der Waals surface area contributed by atoms with Crippen LogP contribution in [0, 0.1) is 13.8 Å². The van der Waals surface area contributed by atoms with Crippen molar-refractivity contribution in [3.63, 3.8) is 0 Å². The first-order chi connectivity index (χ1) is 7.58. The Morgan fingerprint density at radius 3 is 2.62 bits per heavy atom. The Balaban J connectivity index is 2.66. The van der Waals surface area contributed by atoms with Gasteiger partial charge in [0, 0.05) is 25.2 Å². The third-order valence-corrected chi connectivity index (χ3v) is 2.42. The Morgan fingerprint density at radius 2 is 1.94 bits per heavy atom. The van der Waals surface area contributed by atoms with Crippen molar-refractivity contribution >= 4 is 10.9 Å². The zero-order valence-electron chi connectivity index (χ0n) is 10.1. The summed E-state index contributed by atoms with van der Waals surface area (Å²) in [6.45, 7) is 4.09. The van der Waals surface area contributed by atoms with E-state index in [0.717, 1.165) is 22.3 Å². The van der Waals surface area contributed by atoms with Crippen molar-refractivity contribution in [2.45, 2.75) is 13.8 Å². The monoisotopic (exact) mass is 216 g/mol. The van der Waals surface area contributed by atoms with Crippen LogP contribution in [0.5, 0.6) is 5.75 Å². The van der Waals surface area contributed by atoms with Gasteiger partial charge in [-0.25, -0.2) is 4.98 Å². The van der Waals surface area contributed by atoms with Gasteiger partial charge in [-0.15, -0.1) is 0 Å². The molecule has 0 atom stereocenters. The third-order valence-electron chi connectivity index (χ3n) is 2.42. The second-order valence-corrected chi connectivity index (χ2v) is 4.14. The molecule has 0 N–H and O–H groups in total. The second-order valence-electron chi connectivity index (χ2n) is 4.14. The molecule has 0 unspecified atom stereocenters. The van der Waals surface area contributed by atoms with Crippen LogP contribution in [0.15, 0.2) is 24.3 Å². The average Bonchev–Trinajstić information content (AvgIpc) is 2.18. The van der Waals surface area contributed by atoms with Crippen molar-refractivity contribution in [1.82, 2.24) is 10.0 Å². The van der Waals surface area contributed by atoms with Crippen LogP contribution in [-0.2, 0) is 0 Å². The van der Waals surface area contributed by atoms with Crippen LogP contribution in [0.4, 0.5) is 0 Å². The van der Waals surface area contributed by atoms with Gasteiger partial charge in [-0.1, -0.05) is 12.1 Å². The van der Waals surface area contributed by atoms with Crippen LogP contribution in [0.25, 0.3) is 10.9 Å². The first-order valence-corrected chi connectivity index (χ1v) is 5.30. The fourth-order valence-electron chi connectivity index (χ4n) is 1.83. The van der Waals surface area contributed by atoms with Gasteiger partial charge in [0.05, 0.1) is 0 Å². The third kappa shape index (κ3) is 1.99. The van der Waals surface area contributed by atoms with Crippen molar-refractivity contribution in [2.75, 3.05) is 14.1 Å². The molecule has 16 heavy (non-hydrogen) atoms. The molecule has 84 valence electrons. The summed E-state index contributed by atoms with van der Waals surface area (Å²) in [5, 5.41) is 2.82. The number of para-hydroxylation sites is 1. The Labute approximate surface area is 95.6 Å². The molecule has 0 spiro atoms. The van der Waals surface area contributed by atoms with Crippen molar-refractivity contribution < 1.29 is 4.84 Å². The van der Waals surface area contributed by atoms with E-state index in [1.807, 2.05) is 33.2 Å². The maximum absolute atomic E-state index is 5.61. The summed E-state index contributed by atoms with van der Waals surface area (Å²) in [5.74, 6) is 0.800. The van der Waals surface area contributed by atoms with Gasteiger partial charge in [0.15, 0.2) is 5.75 Å². The molecule has 0 saturated heterocycles. The van der Waals surface area contributed by atoms with E-state index in [1.54, 1.807) is 5.06 Å². The molecular weight excluding hydrogens is 200 g/mol. The molecule has 0 saturated carbocycles. The SMILES string of the molecule is Cc1cc(C)c2cccc(ON(C)C)c2n1. The van der Waals surface area contributed by atoms with Crippen molar-refractivity contribution in [3.8, 4) is 5.75 Å². The molecule has 1 aromatic carbocycles. The fourth-order valence-corrected chi connectivity index (χ4v) is 1.83. The first-order valence-electron chi connectivity index (χ1n) is 5.30. The first kappa shape index (κ1) is 10.9. The number of aromatic nitrogens is 1. The average molecular weight is 216 g/mol. The van der Waals surface area contributed by atoms with Gasteiger partial charge < -0.3 is 4.84 Å². The van der Waals surface area contributed by atoms with E-state index >= 15 is 0 Å². The van der Waals surface area contributed by atoms with E-state index in [9.17, 15) is 0 Å². The number of nitrogens with zero attached hydrogens (tertiary/aromatic N) is 2. The molecule has 3 heteroatoms. The van der Waals surface area contributed by atoms with E-state index in [4.69, 9.17) is 4.84 Å². The molecule has 0 bridgehead atoms. The van der Waals surface area contributed by atoms with E-state index in [-0.39, 0.29) is 0 Å². The summed E-state index contributed by atoms with van der Waals surface area (Å²) in [6, 6.07) is 8.08. The lowest BCUT2D eigenvalue weighted by Gasteiger charge is -2.14. The number of pyridine rings is 1. The quantitative estimate of drug-likeness (QED) is 0.722. The van der Waals surface area contributed by atoms with Gasteiger partial charge in [-0.2, -0.15) is 5.06 Å². The normalized spacial score (nSPS) is 11.1. The minimum absolute atomic E-state index is 0.800. The van der Waals surface area contributed by atoms with E-state index < -0.39 is 0 Å². The largest absolute Gasteiger partial charge is 0.404 e. The Hall–Kier alpha value is -1.61. The summed E-state index contributed by atoms with van der Waals surface area (Å²) in [5.41, 5.74) is 3.17. The van der Waals surface area contributed by atoms with Crippen LogP contribution in [-0.4, -0.2) is 24.1 Å². The van der Waals surface area contributed by atoms with Crippen LogP contribution < -0.4 is 4.84 Å². The maximum Gasteiger partial charge on any atom is 0.173 e. The molecule has 0 fully saturated rings. The Bertz CT molecular complexity index is 521. The standard InChI is InChI=1S/C13H16N2O/c1-9-8-10(2)14-13-11(9)6-5-7-12(13)16-15(3)4/h5-8H,1-4H3. The summed E-state index contributed by atoms with van der Waals surface area (Å²) < 4.78 is 0. The van der Waals surface area contributed by atoms with Crippen LogP contribution in [0.2, 0.25) is 0 Å². The van der Waals surface area contributed by atoms with Crippen molar-refractivity contribution in [2.24, 2.45) is 0 Å². The minimum Gasteiger partial charge on any atom is -0.404 e. The number of aryl methyl sites for hydroxylation is 2. The Kier molecular flexibility index (Phi) is 2.79. The molecule has 1 aromatic heterocycles. The number of hydroxylamine groups is 2. The molecule has 0 aliphatic carbocycles. The van der Waals surface area contributed by atoms with E-state index in [0.29, 0.717) is 0 Å². The number of hydrogen-bond donors (Lipinski definition) is 0. The van der Waals surface area contributed by atoms with Gasteiger partial charge in [-0.05, 0) is 31.5 Å². The minimum atomic E-state index is 0.800. The molecule has 3 nitrogen and oxygen atoms in total. The maximum atomic E-state index is 5.61. The molecule has 0 radical (unpaired) electrons. The van der Waals surface area contributed by atoms with Crippen LogP contribution >= 0.6 is 0 Å². The molecule has 1 heterocycles. The lowest BCUT2D eigenvalue weighted by Crippen LogP contribution is -2.16. The second kappa shape index (κ2) is 4.10. The molecule has 0 aliphatic heterocycles. The van der Waals surface area contributed by atoms with E-state index in [2.05, 4.69) is 24.0 Å². The van der Waals surface area contributed by atoms with Gasteiger partial charge >= 0.3 is 0 Å². The number of benzene rings is 1. The van der Waals surface area contributed by atoms with Gasteiger partial charge in [0.2, 0.25) is 0 Å². The van der Waals surface area contributed by atoms with Crippen molar-refractivity contribution in [3.05, 3.63) is 35.5 Å². The van der Waals surface area contributed by atoms with E-state index in [1.165, 1.54) is 5.56 Å². The summed E-state index contributed by atoms with van der Waals surface area (Å²) in [6.07, 6.45) is 0. The highest BCUT2D eigenvalue weighted by atomic mass is 16.7. The number of hydrogen-bond acceptors (Lipinski definition) is 3. The molecule has 0 amide bonds. The molecule has 2 rings (SSSR count). The van der Waals surface area contributed by atoms with Crippen LogP contribution in [0.3, 0.4) is 0 Å². The number of fused-ring (bicyclic) bond motifs is 1. The van der Waals surface area contributed by atoms with Crippen LogP contribution in [0.1, 0.15) is 11.3 Å². The molecule has 2 aromatic rings. The Morgan fingerprint density at radius 1 is 1.19 bits per heavy atom. The lowest BCUT2D eigenvalue weighted by molar-refractivity contribution is -0.00170. The zero-order valence-corrected chi connectivity index (χ0v) is 10.1. The smallest absolute Gasteiger partial charge is 0.173 e. The summed E-state index contributed by atoms with van der Waals surface area (Å²) >= 11 is 0.